The predicted molar refractivity (Wildman–Crippen MR) is 56.8 cm³/mol. The van der Waals surface area contributed by atoms with Gasteiger partial charge in [-0.3, -0.25) is 4.79 Å². The predicted octanol–water partition coefficient (Wildman–Crippen LogP) is -0.196. The zero-order valence-corrected chi connectivity index (χ0v) is 10.1. The average molecular weight is 210 g/mol. The normalized spacial score (nSPS) is 12.4. The van der Waals surface area contributed by atoms with E-state index in [0.717, 1.165) is 5.56 Å². The van der Waals surface area contributed by atoms with E-state index >= 15 is 0 Å². The number of hydrogen-bond donors (Lipinski definition) is 1. The molecular weight excluding hydrogens is 196 g/mol. The lowest BCUT2D eigenvalue weighted by Gasteiger charge is -2.08. The van der Waals surface area contributed by atoms with E-state index in [0.29, 0.717) is 16.9 Å². The Balaban J connectivity index is 2.41. The Kier molecular flexibility index (Phi) is 4.35. The molecule has 14 heavy (non-hydrogen) atoms. The van der Waals surface area contributed by atoms with Crippen molar-refractivity contribution in [3.8, 4) is 0 Å². The molecule has 1 atom stereocenters. The molecular formula is C10H14O3Si. The summed E-state index contributed by atoms with van der Waals surface area (Å²) in [5, 5.41) is 9.52. The van der Waals surface area contributed by atoms with E-state index in [9.17, 15) is 9.90 Å². The minimum Gasteiger partial charge on any atom is -0.529 e. The van der Waals surface area contributed by atoms with E-state index < -0.39 is 6.10 Å². The van der Waals surface area contributed by atoms with Crippen LogP contribution in [0, 0.1) is 0 Å². The third-order valence-electron chi connectivity index (χ3n) is 1.94. The van der Waals surface area contributed by atoms with Crippen LogP contribution in [-0.4, -0.2) is 27.7 Å². The fraction of sp³-hybridized carbons (Fsp3) is 0.300. The highest BCUT2D eigenvalue weighted by Crippen LogP contribution is 2.05. The van der Waals surface area contributed by atoms with E-state index in [1.54, 1.807) is 0 Å². The largest absolute Gasteiger partial charge is 0.529 e. The fourth-order valence-corrected chi connectivity index (χ4v) is 1.40. The third-order valence-corrected chi connectivity index (χ3v) is 2.40. The van der Waals surface area contributed by atoms with Crippen molar-refractivity contribution in [3.05, 3.63) is 35.9 Å². The second kappa shape index (κ2) is 5.57. The molecule has 0 amide bonds. The highest BCUT2D eigenvalue weighted by molar-refractivity contribution is 6.05. The molecule has 0 aromatic heterocycles. The van der Waals surface area contributed by atoms with Crippen molar-refractivity contribution < 1.29 is 14.3 Å². The SMILES string of the molecule is O=C(CC(O)Cc1ccccc1)O[SiH3]. The van der Waals surface area contributed by atoms with Crippen molar-refractivity contribution in [1.82, 2.24) is 0 Å². The number of carbonyl (C=O) groups excluding carboxylic acids is 1. The molecule has 0 aliphatic rings. The van der Waals surface area contributed by atoms with Crippen LogP contribution in [0.3, 0.4) is 0 Å². The molecule has 0 aliphatic carbocycles. The standard InChI is InChI=1S/C10H14O3Si/c11-9(7-10(12)13-14)6-8-4-2-1-3-5-8/h1-5,9,11H,6-7H2,14H3. The van der Waals surface area contributed by atoms with E-state index in [1.807, 2.05) is 30.3 Å². The first-order valence-electron chi connectivity index (χ1n) is 4.51. The molecule has 1 aromatic rings. The zero-order valence-electron chi connectivity index (χ0n) is 8.14. The number of aliphatic hydroxyl groups excluding tert-OH is 1. The van der Waals surface area contributed by atoms with Crippen molar-refractivity contribution in [2.45, 2.75) is 18.9 Å². The van der Waals surface area contributed by atoms with Crippen LogP contribution >= 0.6 is 0 Å². The van der Waals surface area contributed by atoms with Crippen molar-refractivity contribution in [2.24, 2.45) is 0 Å². The smallest absolute Gasteiger partial charge is 0.294 e. The van der Waals surface area contributed by atoms with Crippen LogP contribution in [-0.2, 0) is 15.6 Å². The Labute approximate surface area is 86.3 Å². The summed E-state index contributed by atoms with van der Waals surface area (Å²) in [7, 11) is 0.390. The van der Waals surface area contributed by atoms with Gasteiger partial charge >= 0.3 is 0 Å². The van der Waals surface area contributed by atoms with E-state index in [4.69, 9.17) is 0 Å². The quantitative estimate of drug-likeness (QED) is 0.700. The van der Waals surface area contributed by atoms with Crippen molar-refractivity contribution in [2.75, 3.05) is 0 Å². The molecule has 1 aromatic carbocycles. The molecule has 76 valence electrons. The van der Waals surface area contributed by atoms with Crippen molar-refractivity contribution in [3.63, 3.8) is 0 Å². The summed E-state index contributed by atoms with van der Waals surface area (Å²) < 4.78 is 4.60. The summed E-state index contributed by atoms with van der Waals surface area (Å²) >= 11 is 0. The van der Waals surface area contributed by atoms with Crippen LogP contribution in [0.2, 0.25) is 0 Å². The molecule has 0 saturated heterocycles. The van der Waals surface area contributed by atoms with Gasteiger partial charge in [0.15, 0.2) is 0 Å². The van der Waals surface area contributed by atoms with Crippen LogP contribution in [0.25, 0.3) is 0 Å². The summed E-state index contributed by atoms with van der Waals surface area (Å²) in [6.45, 7) is 0. The Bertz CT molecular complexity index is 287. The van der Waals surface area contributed by atoms with Gasteiger partial charge in [-0.2, -0.15) is 0 Å². The Morgan fingerprint density at radius 2 is 2.07 bits per heavy atom. The van der Waals surface area contributed by atoms with Gasteiger partial charge in [0.25, 0.3) is 5.97 Å². The van der Waals surface area contributed by atoms with Crippen LogP contribution in [0.4, 0.5) is 0 Å². The van der Waals surface area contributed by atoms with Gasteiger partial charge in [0.05, 0.1) is 12.5 Å². The molecule has 4 heteroatoms. The Morgan fingerprint density at radius 1 is 1.43 bits per heavy atom. The van der Waals surface area contributed by atoms with E-state index in [1.165, 1.54) is 0 Å². The van der Waals surface area contributed by atoms with Crippen LogP contribution < -0.4 is 0 Å². The van der Waals surface area contributed by atoms with Gasteiger partial charge in [-0.25, -0.2) is 0 Å². The molecule has 0 saturated carbocycles. The second-order valence-corrected chi connectivity index (χ2v) is 3.53. The van der Waals surface area contributed by atoms with E-state index in [2.05, 4.69) is 4.43 Å². The second-order valence-electron chi connectivity index (χ2n) is 3.12. The maximum atomic E-state index is 10.9. The summed E-state index contributed by atoms with van der Waals surface area (Å²) in [6, 6.07) is 9.59. The third kappa shape index (κ3) is 3.72. The number of hydrogen-bond acceptors (Lipinski definition) is 3. The van der Waals surface area contributed by atoms with Crippen LogP contribution in [0.15, 0.2) is 30.3 Å². The highest BCUT2D eigenvalue weighted by atomic mass is 28.2. The molecule has 1 N–H and O–H groups in total. The first-order valence-corrected chi connectivity index (χ1v) is 5.33. The number of benzene rings is 1. The lowest BCUT2D eigenvalue weighted by Crippen LogP contribution is -2.17. The number of carbonyl (C=O) groups is 1. The fourth-order valence-electron chi connectivity index (χ4n) is 1.23. The highest BCUT2D eigenvalue weighted by Gasteiger charge is 2.10. The minimum atomic E-state index is -0.640. The average Bonchev–Trinajstić information content (AvgIpc) is 2.19. The summed E-state index contributed by atoms with van der Waals surface area (Å²) in [4.78, 5) is 10.9. The van der Waals surface area contributed by atoms with E-state index in [-0.39, 0.29) is 12.4 Å². The minimum absolute atomic E-state index is 0.0817. The lowest BCUT2D eigenvalue weighted by molar-refractivity contribution is -0.136. The maximum Gasteiger partial charge on any atom is 0.294 e. The summed E-state index contributed by atoms with van der Waals surface area (Å²) in [5.41, 5.74) is 1.03. The topological polar surface area (TPSA) is 46.5 Å². The molecule has 3 nitrogen and oxygen atoms in total. The van der Waals surface area contributed by atoms with Crippen molar-refractivity contribution >= 4 is 16.5 Å². The van der Waals surface area contributed by atoms with Crippen LogP contribution in [0.1, 0.15) is 12.0 Å². The molecule has 1 rings (SSSR count). The molecule has 0 bridgehead atoms. The Hall–Kier alpha value is -1.13. The van der Waals surface area contributed by atoms with Crippen molar-refractivity contribution in [1.29, 1.82) is 0 Å². The van der Waals surface area contributed by atoms with Gasteiger partial charge < -0.3 is 9.53 Å². The van der Waals surface area contributed by atoms with Gasteiger partial charge in [-0.1, -0.05) is 30.3 Å². The molecule has 0 radical (unpaired) electrons. The summed E-state index contributed by atoms with van der Waals surface area (Å²) in [6.07, 6.45) is -0.0607. The van der Waals surface area contributed by atoms with Gasteiger partial charge in [0.1, 0.15) is 0 Å². The molecule has 0 spiro atoms. The Morgan fingerprint density at radius 3 is 2.64 bits per heavy atom. The molecule has 0 fully saturated rings. The van der Waals surface area contributed by atoms with Gasteiger partial charge in [0, 0.05) is 0 Å². The summed E-state index contributed by atoms with van der Waals surface area (Å²) in [5.74, 6) is -0.319. The zero-order chi connectivity index (χ0) is 10.4. The molecule has 0 heterocycles. The van der Waals surface area contributed by atoms with Gasteiger partial charge in [-0.05, 0) is 12.0 Å². The maximum absolute atomic E-state index is 10.9. The number of aliphatic hydroxyl groups is 1. The molecule has 1 unspecified atom stereocenters. The monoisotopic (exact) mass is 210 g/mol. The van der Waals surface area contributed by atoms with Crippen LogP contribution in [0.5, 0.6) is 0 Å². The van der Waals surface area contributed by atoms with Gasteiger partial charge in [-0.15, -0.1) is 0 Å². The first-order chi connectivity index (χ1) is 6.72. The number of rotatable bonds is 4. The lowest BCUT2D eigenvalue weighted by atomic mass is 10.1. The van der Waals surface area contributed by atoms with Gasteiger partial charge in [0.2, 0.25) is 10.5 Å². The molecule has 0 aliphatic heterocycles. The first kappa shape index (κ1) is 10.9.